The highest BCUT2D eigenvalue weighted by molar-refractivity contribution is 7.07. The van der Waals surface area contributed by atoms with Crippen molar-refractivity contribution in [2.45, 2.75) is 25.0 Å². The minimum atomic E-state index is -0.135. The molecule has 1 fully saturated rings. The summed E-state index contributed by atoms with van der Waals surface area (Å²) in [4.78, 5) is 11.8. The lowest BCUT2D eigenvalue weighted by Crippen LogP contribution is -2.45. The quantitative estimate of drug-likeness (QED) is 0.868. The molecule has 1 saturated heterocycles. The highest BCUT2D eigenvalue weighted by Crippen LogP contribution is 2.18. The first kappa shape index (κ1) is 14.3. The average Bonchev–Trinajstić information content (AvgIpc) is 2.95. The van der Waals surface area contributed by atoms with Gasteiger partial charge < -0.3 is 20.1 Å². The van der Waals surface area contributed by atoms with Crippen LogP contribution in [0.4, 0.5) is 4.79 Å². The van der Waals surface area contributed by atoms with Gasteiger partial charge in [-0.1, -0.05) is 0 Å². The van der Waals surface area contributed by atoms with Crippen molar-refractivity contribution in [1.29, 1.82) is 0 Å². The third kappa shape index (κ3) is 4.49. The second-order valence-electron chi connectivity index (χ2n) is 4.52. The Morgan fingerprint density at radius 2 is 2.37 bits per heavy atom. The number of carbonyl (C=O) groups is 1. The Kier molecular flexibility index (Phi) is 5.62. The lowest BCUT2D eigenvalue weighted by Gasteiger charge is -2.23. The van der Waals surface area contributed by atoms with E-state index in [9.17, 15) is 4.79 Å². The van der Waals surface area contributed by atoms with Gasteiger partial charge in [0.05, 0.1) is 0 Å². The van der Waals surface area contributed by atoms with Crippen molar-refractivity contribution in [3.63, 3.8) is 0 Å². The summed E-state index contributed by atoms with van der Waals surface area (Å²) in [6.07, 6.45) is 1.67. The second-order valence-corrected chi connectivity index (χ2v) is 5.30. The molecule has 0 aliphatic carbocycles. The van der Waals surface area contributed by atoms with E-state index in [2.05, 4.69) is 10.6 Å². The number of thiophene rings is 1. The Labute approximate surface area is 117 Å². The third-order valence-electron chi connectivity index (χ3n) is 3.20. The van der Waals surface area contributed by atoms with Gasteiger partial charge in [-0.15, -0.1) is 0 Å². The van der Waals surface area contributed by atoms with E-state index < -0.39 is 0 Å². The molecule has 2 N–H and O–H groups in total. The van der Waals surface area contributed by atoms with Crippen LogP contribution < -0.4 is 10.6 Å². The monoisotopic (exact) mass is 284 g/mol. The number of rotatable bonds is 5. The van der Waals surface area contributed by atoms with Gasteiger partial charge in [0.2, 0.25) is 0 Å². The van der Waals surface area contributed by atoms with Crippen molar-refractivity contribution in [3.8, 4) is 0 Å². The summed E-state index contributed by atoms with van der Waals surface area (Å²) < 4.78 is 10.6. The van der Waals surface area contributed by atoms with Gasteiger partial charge in [-0.2, -0.15) is 11.3 Å². The van der Waals surface area contributed by atoms with E-state index in [1.807, 2.05) is 16.8 Å². The van der Waals surface area contributed by atoms with Gasteiger partial charge in [-0.25, -0.2) is 4.79 Å². The maximum Gasteiger partial charge on any atom is 0.315 e. The molecule has 6 heteroatoms. The first-order valence-corrected chi connectivity index (χ1v) is 7.41. The zero-order valence-corrected chi connectivity index (χ0v) is 11.9. The highest BCUT2D eigenvalue weighted by Gasteiger charge is 2.17. The predicted molar refractivity (Wildman–Crippen MR) is 74.4 cm³/mol. The van der Waals surface area contributed by atoms with E-state index in [1.165, 1.54) is 0 Å². The molecule has 2 heterocycles. The van der Waals surface area contributed by atoms with Crippen LogP contribution >= 0.6 is 11.3 Å². The molecule has 0 unspecified atom stereocenters. The van der Waals surface area contributed by atoms with Crippen LogP contribution in [0.3, 0.4) is 0 Å². The van der Waals surface area contributed by atoms with Crippen LogP contribution in [0.25, 0.3) is 0 Å². The van der Waals surface area contributed by atoms with Crippen LogP contribution in [0, 0.1) is 0 Å². The van der Waals surface area contributed by atoms with Crippen molar-refractivity contribution in [2.24, 2.45) is 0 Å². The molecule has 5 nitrogen and oxygen atoms in total. The molecule has 1 aliphatic heterocycles. The molecule has 0 spiro atoms. The summed E-state index contributed by atoms with van der Waals surface area (Å²) in [7, 11) is 1.65. The van der Waals surface area contributed by atoms with Crippen molar-refractivity contribution >= 4 is 17.4 Å². The zero-order valence-electron chi connectivity index (χ0n) is 11.1. The molecular weight excluding hydrogens is 264 g/mol. The Morgan fingerprint density at radius 1 is 1.58 bits per heavy atom. The highest BCUT2D eigenvalue weighted by atomic mass is 32.1. The number of urea groups is 1. The molecule has 19 heavy (non-hydrogen) atoms. The molecule has 2 rings (SSSR count). The van der Waals surface area contributed by atoms with Gasteiger partial charge in [0.1, 0.15) is 6.10 Å². The summed E-state index contributed by atoms with van der Waals surface area (Å²) in [5.41, 5.74) is 1.10. The maximum absolute atomic E-state index is 11.8. The normalized spacial score (nSPS) is 17.9. The molecule has 0 bridgehead atoms. The van der Waals surface area contributed by atoms with Crippen LogP contribution in [-0.4, -0.2) is 38.9 Å². The lowest BCUT2D eigenvalue weighted by molar-refractivity contribution is 0.0791. The van der Waals surface area contributed by atoms with E-state index in [0.29, 0.717) is 6.54 Å². The van der Waals surface area contributed by atoms with Gasteiger partial charge in [-0.05, 0) is 35.2 Å². The van der Waals surface area contributed by atoms with Crippen molar-refractivity contribution in [1.82, 2.24) is 10.6 Å². The summed E-state index contributed by atoms with van der Waals surface area (Å²) >= 11 is 1.62. The van der Waals surface area contributed by atoms with Crippen molar-refractivity contribution in [2.75, 3.05) is 26.9 Å². The Bertz CT molecular complexity index is 377. The zero-order chi connectivity index (χ0) is 13.5. The Balaban J connectivity index is 1.72. The Hall–Kier alpha value is -1.11. The van der Waals surface area contributed by atoms with E-state index >= 15 is 0 Å². The summed E-state index contributed by atoms with van der Waals surface area (Å²) in [6.45, 7) is 1.92. The molecule has 1 aromatic rings. The smallest absolute Gasteiger partial charge is 0.315 e. The first-order chi connectivity index (χ1) is 9.29. The Morgan fingerprint density at radius 3 is 3.00 bits per heavy atom. The number of ether oxygens (including phenoxy) is 2. The van der Waals surface area contributed by atoms with E-state index in [1.54, 1.807) is 18.4 Å². The van der Waals surface area contributed by atoms with E-state index in [0.717, 1.165) is 31.6 Å². The van der Waals surface area contributed by atoms with Gasteiger partial charge in [-0.3, -0.25) is 0 Å². The summed E-state index contributed by atoms with van der Waals surface area (Å²) in [6, 6.07) is 2.09. The largest absolute Gasteiger partial charge is 0.381 e. The molecule has 0 aromatic carbocycles. The second kappa shape index (κ2) is 7.47. The van der Waals surface area contributed by atoms with Gasteiger partial charge in [0, 0.05) is 32.9 Å². The van der Waals surface area contributed by atoms with Gasteiger partial charge >= 0.3 is 6.03 Å². The van der Waals surface area contributed by atoms with E-state index in [4.69, 9.17) is 9.47 Å². The fourth-order valence-electron chi connectivity index (χ4n) is 2.06. The maximum atomic E-state index is 11.8. The predicted octanol–water partition coefficient (Wildman–Crippen LogP) is 1.91. The topological polar surface area (TPSA) is 59.6 Å². The summed E-state index contributed by atoms with van der Waals surface area (Å²) in [5, 5.41) is 9.86. The molecule has 0 saturated carbocycles. The van der Waals surface area contributed by atoms with Gasteiger partial charge in [0.25, 0.3) is 0 Å². The molecule has 1 aliphatic rings. The standard InChI is InChI=1S/C13H20N2O3S/c1-17-12(10-4-7-19-9-10)8-14-13(16)15-11-2-5-18-6-3-11/h4,7,9,11-12H,2-3,5-6,8H2,1H3,(H2,14,15,16)/t12-/m1/s1. The molecule has 1 aromatic heterocycles. The fraction of sp³-hybridized carbons (Fsp3) is 0.615. The first-order valence-electron chi connectivity index (χ1n) is 6.46. The molecule has 1 atom stereocenters. The third-order valence-corrected chi connectivity index (χ3v) is 3.91. The molecule has 2 amide bonds. The lowest BCUT2D eigenvalue weighted by atomic mass is 10.1. The summed E-state index contributed by atoms with van der Waals surface area (Å²) in [5.74, 6) is 0. The number of nitrogens with one attached hydrogen (secondary N) is 2. The number of carbonyl (C=O) groups excluding carboxylic acids is 1. The number of methoxy groups -OCH3 is 1. The molecular formula is C13H20N2O3S. The van der Waals surface area contributed by atoms with Crippen molar-refractivity contribution < 1.29 is 14.3 Å². The van der Waals surface area contributed by atoms with Crippen LogP contribution in [0.5, 0.6) is 0 Å². The van der Waals surface area contributed by atoms with Crippen molar-refractivity contribution in [3.05, 3.63) is 22.4 Å². The van der Waals surface area contributed by atoms with E-state index in [-0.39, 0.29) is 18.2 Å². The van der Waals surface area contributed by atoms with Gasteiger partial charge in [0.15, 0.2) is 0 Å². The fourth-order valence-corrected chi connectivity index (χ4v) is 2.76. The minimum Gasteiger partial charge on any atom is -0.381 e. The molecule has 106 valence electrons. The minimum absolute atomic E-state index is 0.0910. The van der Waals surface area contributed by atoms with Crippen LogP contribution in [0.15, 0.2) is 16.8 Å². The van der Waals surface area contributed by atoms with Crippen LogP contribution in [0.2, 0.25) is 0 Å². The molecule has 0 radical (unpaired) electrons. The van der Waals surface area contributed by atoms with Crippen LogP contribution in [0.1, 0.15) is 24.5 Å². The van der Waals surface area contributed by atoms with Crippen LogP contribution in [-0.2, 0) is 9.47 Å². The average molecular weight is 284 g/mol. The number of amides is 2. The number of hydrogen-bond acceptors (Lipinski definition) is 4. The SMILES string of the molecule is CO[C@H](CNC(=O)NC1CCOCC1)c1ccsc1. The number of hydrogen-bond donors (Lipinski definition) is 2.